The molecule has 114 valence electrons. The van der Waals surface area contributed by atoms with Crippen LogP contribution in [0.15, 0.2) is 24.5 Å². The summed E-state index contributed by atoms with van der Waals surface area (Å²) < 4.78 is 9.92. The van der Waals surface area contributed by atoms with E-state index in [9.17, 15) is 0 Å². The third-order valence-electron chi connectivity index (χ3n) is 3.91. The molecule has 3 heterocycles. The number of rotatable bonds is 5. The predicted molar refractivity (Wildman–Crippen MR) is 80.1 cm³/mol. The first-order valence-corrected chi connectivity index (χ1v) is 7.53. The lowest BCUT2D eigenvalue weighted by molar-refractivity contribution is -0.0387. The van der Waals surface area contributed by atoms with Crippen LogP contribution in [0.3, 0.4) is 0 Å². The second-order valence-electron chi connectivity index (χ2n) is 5.67. The Bertz CT molecular complexity index is 563. The molecule has 0 N–H and O–H groups in total. The van der Waals surface area contributed by atoms with Crippen molar-refractivity contribution in [3.8, 4) is 0 Å². The first-order valence-electron chi connectivity index (χ1n) is 7.53. The first kappa shape index (κ1) is 14.3. The van der Waals surface area contributed by atoms with Crippen LogP contribution in [0, 0.1) is 13.8 Å². The fourth-order valence-corrected chi connectivity index (χ4v) is 2.82. The summed E-state index contributed by atoms with van der Waals surface area (Å²) in [6, 6.07) is 4.07. The van der Waals surface area contributed by atoms with Gasteiger partial charge in [-0.3, -0.25) is 14.3 Å². The zero-order valence-corrected chi connectivity index (χ0v) is 12.8. The highest BCUT2D eigenvalue weighted by Gasteiger charge is 2.21. The number of aromatic nitrogens is 4. The van der Waals surface area contributed by atoms with E-state index < -0.39 is 0 Å². The van der Waals surface area contributed by atoms with Crippen molar-refractivity contribution in [3.63, 3.8) is 0 Å². The van der Waals surface area contributed by atoms with Crippen molar-refractivity contribution in [1.82, 2.24) is 24.5 Å². The molecule has 2 aromatic rings. The van der Waals surface area contributed by atoms with E-state index in [1.165, 1.54) is 5.69 Å². The molecule has 0 saturated carbocycles. The quantitative estimate of drug-likeness (QED) is 0.827. The van der Waals surface area contributed by atoms with E-state index in [1.807, 2.05) is 30.1 Å². The predicted octanol–water partition coefficient (Wildman–Crippen LogP) is 1.10. The molecule has 1 saturated heterocycles. The van der Waals surface area contributed by atoms with Crippen LogP contribution in [0.25, 0.3) is 0 Å². The number of hydrogen-bond acceptors (Lipinski definition) is 4. The SMILES string of the molecule is Cc1cc(C)n(C[C@@H]2CN(CCn3cccn3)CCO2)n1. The molecule has 3 rings (SSSR count). The molecule has 0 radical (unpaired) electrons. The van der Waals surface area contributed by atoms with Gasteiger partial charge in [0.05, 0.1) is 31.5 Å². The molecule has 1 atom stereocenters. The zero-order valence-electron chi connectivity index (χ0n) is 12.8. The van der Waals surface area contributed by atoms with Gasteiger partial charge in [0.1, 0.15) is 0 Å². The molecule has 0 bridgehead atoms. The Morgan fingerprint density at radius 2 is 2.24 bits per heavy atom. The van der Waals surface area contributed by atoms with Crippen LogP contribution >= 0.6 is 0 Å². The fourth-order valence-electron chi connectivity index (χ4n) is 2.82. The van der Waals surface area contributed by atoms with E-state index in [-0.39, 0.29) is 6.10 Å². The topological polar surface area (TPSA) is 48.1 Å². The maximum atomic E-state index is 5.89. The second kappa shape index (κ2) is 6.41. The van der Waals surface area contributed by atoms with Crippen molar-refractivity contribution in [2.45, 2.75) is 33.0 Å². The lowest BCUT2D eigenvalue weighted by Crippen LogP contribution is -2.45. The normalized spacial score (nSPS) is 20.0. The van der Waals surface area contributed by atoms with Crippen LogP contribution in [-0.4, -0.2) is 56.8 Å². The van der Waals surface area contributed by atoms with Crippen molar-refractivity contribution in [1.29, 1.82) is 0 Å². The number of ether oxygens (including phenoxy) is 1. The third-order valence-corrected chi connectivity index (χ3v) is 3.91. The van der Waals surface area contributed by atoms with E-state index in [0.29, 0.717) is 0 Å². The number of morpholine rings is 1. The fraction of sp³-hybridized carbons (Fsp3) is 0.600. The van der Waals surface area contributed by atoms with Gasteiger partial charge in [0.25, 0.3) is 0 Å². The third kappa shape index (κ3) is 3.71. The van der Waals surface area contributed by atoms with Gasteiger partial charge in [-0.15, -0.1) is 0 Å². The van der Waals surface area contributed by atoms with Crippen LogP contribution in [0.1, 0.15) is 11.4 Å². The Morgan fingerprint density at radius 1 is 1.33 bits per heavy atom. The van der Waals surface area contributed by atoms with Gasteiger partial charge in [-0.1, -0.05) is 0 Å². The summed E-state index contributed by atoms with van der Waals surface area (Å²) in [5, 5.41) is 8.77. The minimum absolute atomic E-state index is 0.217. The first-order chi connectivity index (χ1) is 10.2. The molecule has 21 heavy (non-hydrogen) atoms. The van der Waals surface area contributed by atoms with Gasteiger partial charge in [-0.2, -0.15) is 10.2 Å². The highest BCUT2D eigenvalue weighted by Crippen LogP contribution is 2.10. The van der Waals surface area contributed by atoms with Gasteiger partial charge in [-0.05, 0) is 26.0 Å². The van der Waals surface area contributed by atoms with Gasteiger partial charge in [-0.25, -0.2) is 0 Å². The van der Waals surface area contributed by atoms with E-state index >= 15 is 0 Å². The minimum atomic E-state index is 0.217. The number of nitrogens with zero attached hydrogens (tertiary/aromatic N) is 5. The molecule has 6 heteroatoms. The van der Waals surface area contributed by atoms with E-state index in [0.717, 1.165) is 45.0 Å². The van der Waals surface area contributed by atoms with Crippen molar-refractivity contribution in [2.75, 3.05) is 26.2 Å². The van der Waals surface area contributed by atoms with Gasteiger partial charge >= 0.3 is 0 Å². The Labute approximate surface area is 125 Å². The molecule has 0 amide bonds. The molecule has 1 aliphatic rings. The Morgan fingerprint density at radius 3 is 2.95 bits per heavy atom. The summed E-state index contributed by atoms with van der Waals surface area (Å²) >= 11 is 0. The average molecular weight is 289 g/mol. The highest BCUT2D eigenvalue weighted by molar-refractivity contribution is 5.06. The zero-order chi connectivity index (χ0) is 14.7. The van der Waals surface area contributed by atoms with Gasteiger partial charge in [0.15, 0.2) is 0 Å². The van der Waals surface area contributed by atoms with Crippen molar-refractivity contribution in [2.24, 2.45) is 0 Å². The smallest absolute Gasteiger partial charge is 0.0898 e. The molecule has 1 aliphatic heterocycles. The lowest BCUT2D eigenvalue weighted by Gasteiger charge is -2.33. The highest BCUT2D eigenvalue weighted by atomic mass is 16.5. The maximum absolute atomic E-state index is 5.89. The Kier molecular flexibility index (Phi) is 4.36. The van der Waals surface area contributed by atoms with Crippen molar-refractivity contribution >= 4 is 0 Å². The molecular weight excluding hydrogens is 266 g/mol. The van der Waals surface area contributed by atoms with Crippen LogP contribution in [0.2, 0.25) is 0 Å². The summed E-state index contributed by atoms with van der Waals surface area (Å²) in [6.45, 7) is 9.65. The molecule has 0 spiro atoms. The molecule has 1 fully saturated rings. The Hall–Kier alpha value is -1.66. The van der Waals surface area contributed by atoms with Gasteiger partial charge < -0.3 is 4.74 Å². The molecular formula is C15H23N5O. The van der Waals surface area contributed by atoms with E-state index in [4.69, 9.17) is 4.74 Å². The number of aryl methyl sites for hydroxylation is 2. The molecule has 0 aliphatic carbocycles. The summed E-state index contributed by atoms with van der Waals surface area (Å²) in [7, 11) is 0. The summed E-state index contributed by atoms with van der Waals surface area (Å²) in [4.78, 5) is 2.45. The lowest BCUT2D eigenvalue weighted by atomic mass is 10.2. The second-order valence-corrected chi connectivity index (χ2v) is 5.67. The summed E-state index contributed by atoms with van der Waals surface area (Å²) in [5.41, 5.74) is 2.27. The molecule has 0 unspecified atom stereocenters. The van der Waals surface area contributed by atoms with E-state index in [2.05, 4.69) is 32.8 Å². The monoisotopic (exact) mass is 289 g/mol. The molecule has 6 nitrogen and oxygen atoms in total. The maximum Gasteiger partial charge on any atom is 0.0898 e. The standard InChI is InChI=1S/C15H23N5O/c1-13-10-14(2)20(17-13)12-15-11-18(8-9-21-15)6-7-19-5-3-4-16-19/h3-5,10,15H,6-9,11-12H2,1-2H3/t15-/m0/s1. The largest absolute Gasteiger partial charge is 0.374 e. The van der Waals surface area contributed by atoms with Crippen LogP contribution in [0.5, 0.6) is 0 Å². The Balaban J connectivity index is 1.52. The van der Waals surface area contributed by atoms with Gasteiger partial charge in [0, 0.05) is 37.7 Å². The average Bonchev–Trinajstić information content (AvgIpc) is 3.07. The summed E-state index contributed by atoms with van der Waals surface area (Å²) in [6.07, 6.45) is 4.05. The van der Waals surface area contributed by atoms with Crippen LogP contribution < -0.4 is 0 Å². The molecule has 0 aromatic carbocycles. The van der Waals surface area contributed by atoms with Crippen LogP contribution in [-0.2, 0) is 17.8 Å². The minimum Gasteiger partial charge on any atom is -0.374 e. The van der Waals surface area contributed by atoms with E-state index in [1.54, 1.807) is 0 Å². The van der Waals surface area contributed by atoms with Gasteiger partial charge in [0.2, 0.25) is 0 Å². The number of hydrogen-bond donors (Lipinski definition) is 0. The molecule has 2 aromatic heterocycles. The van der Waals surface area contributed by atoms with Crippen molar-refractivity contribution in [3.05, 3.63) is 35.9 Å². The summed E-state index contributed by atoms with van der Waals surface area (Å²) in [5.74, 6) is 0. The van der Waals surface area contributed by atoms with Crippen molar-refractivity contribution < 1.29 is 4.74 Å². The van der Waals surface area contributed by atoms with Crippen LogP contribution in [0.4, 0.5) is 0 Å².